The van der Waals surface area contributed by atoms with Crippen LogP contribution in [0, 0.1) is 13.8 Å². The van der Waals surface area contributed by atoms with Crippen LogP contribution in [0.15, 0.2) is 36.5 Å². The van der Waals surface area contributed by atoms with Gasteiger partial charge in [-0.2, -0.15) is 18.3 Å². The van der Waals surface area contributed by atoms with Crippen molar-refractivity contribution in [1.29, 1.82) is 0 Å². The number of aromatic nitrogens is 3. The Bertz CT molecular complexity index is 1180. The first-order valence-electron chi connectivity index (χ1n) is 8.99. The van der Waals surface area contributed by atoms with Gasteiger partial charge < -0.3 is 10.1 Å². The van der Waals surface area contributed by atoms with E-state index in [1.165, 1.54) is 12.1 Å². The van der Waals surface area contributed by atoms with Gasteiger partial charge in [-0.3, -0.25) is 4.79 Å². The average molecular weight is 487 g/mol. The Labute approximate surface area is 190 Å². The van der Waals surface area contributed by atoms with Gasteiger partial charge in [0, 0.05) is 6.20 Å². The number of halogens is 5. The number of hydrogen-bond acceptors (Lipinski definition) is 5. The first-order valence-corrected chi connectivity index (χ1v) is 9.75. The molecule has 1 amide bonds. The molecule has 7 nitrogen and oxygen atoms in total. The highest BCUT2D eigenvalue weighted by molar-refractivity contribution is 6.33. The quantitative estimate of drug-likeness (QED) is 0.512. The van der Waals surface area contributed by atoms with Gasteiger partial charge in [0.05, 0.1) is 38.2 Å². The minimum atomic E-state index is -4.62. The zero-order valence-corrected chi connectivity index (χ0v) is 18.1. The van der Waals surface area contributed by atoms with Crippen molar-refractivity contribution in [2.45, 2.75) is 20.0 Å². The second-order valence-electron chi connectivity index (χ2n) is 6.62. The molecule has 12 heteroatoms. The summed E-state index contributed by atoms with van der Waals surface area (Å²) < 4.78 is 44.5. The Morgan fingerprint density at radius 3 is 2.34 bits per heavy atom. The molecule has 168 valence electrons. The number of carbonyl (C=O) groups is 2. The molecule has 0 fully saturated rings. The molecule has 0 aliphatic rings. The summed E-state index contributed by atoms with van der Waals surface area (Å²) in [6.45, 7) is 2.89. The third-order valence-corrected chi connectivity index (χ3v) is 5.15. The number of nitrogens with one attached hydrogen (secondary N) is 1. The topological polar surface area (TPSA) is 86.1 Å². The summed E-state index contributed by atoms with van der Waals surface area (Å²) >= 11 is 11.9. The minimum Gasteiger partial charge on any atom is -0.452 e. The number of alkyl halides is 3. The SMILES string of the molecule is Cc1nn(-c2ccc(C(=O)OCC(=O)Nc3ncc(C(F)(F)F)cc3Cl)cc2)c(C)c1Cl. The molecule has 0 radical (unpaired) electrons. The van der Waals surface area contributed by atoms with Crippen LogP contribution >= 0.6 is 23.2 Å². The summed E-state index contributed by atoms with van der Waals surface area (Å²) in [6.07, 6.45) is -4.09. The van der Waals surface area contributed by atoms with Gasteiger partial charge >= 0.3 is 12.1 Å². The van der Waals surface area contributed by atoms with E-state index >= 15 is 0 Å². The molecule has 32 heavy (non-hydrogen) atoms. The molecular weight excluding hydrogens is 472 g/mol. The molecule has 1 N–H and O–H groups in total. The first-order chi connectivity index (χ1) is 15.0. The maximum atomic E-state index is 12.6. The second-order valence-corrected chi connectivity index (χ2v) is 7.41. The lowest BCUT2D eigenvalue weighted by Crippen LogP contribution is -2.22. The Hall–Kier alpha value is -3.11. The molecule has 0 bridgehead atoms. The van der Waals surface area contributed by atoms with Crippen LogP contribution in [0.5, 0.6) is 0 Å². The number of nitrogens with zero attached hydrogens (tertiary/aromatic N) is 3. The largest absolute Gasteiger partial charge is 0.452 e. The molecule has 0 atom stereocenters. The average Bonchev–Trinajstić information content (AvgIpc) is 3.00. The van der Waals surface area contributed by atoms with Crippen molar-refractivity contribution < 1.29 is 27.5 Å². The maximum Gasteiger partial charge on any atom is 0.417 e. The molecule has 3 aromatic rings. The van der Waals surface area contributed by atoms with Crippen molar-refractivity contribution >= 4 is 40.9 Å². The number of amides is 1. The number of esters is 1. The van der Waals surface area contributed by atoms with Crippen LogP contribution in [0.1, 0.15) is 27.3 Å². The lowest BCUT2D eigenvalue weighted by Gasteiger charge is -2.10. The van der Waals surface area contributed by atoms with Crippen molar-refractivity contribution in [3.63, 3.8) is 0 Å². The molecule has 0 spiro atoms. The van der Waals surface area contributed by atoms with Crippen LogP contribution in [-0.4, -0.2) is 33.2 Å². The Balaban J connectivity index is 1.59. The van der Waals surface area contributed by atoms with Crippen molar-refractivity contribution in [1.82, 2.24) is 14.8 Å². The molecule has 0 saturated heterocycles. The van der Waals surface area contributed by atoms with E-state index in [1.807, 2.05) is 0 Å². The summed E-state index contributed by atoms with van der Waals surface area (Å²) in [4.78, 5) is 27.6. The molecular formula is C20H15Cl2F3N4O3. The number of ether oxygens (including phenoxy) is 1. The predicted molar refractivity (Wildman–Crippen MR) is 111 cm³/mol. The van der Waals surface area contributed by atoms with Gasteiger partial charge in [0.15, 0.2) is 12.4 Å². The summed E-state index contributed by atoms with van der Waals surface area (Å²) in [5, 5.41) is 6.65. The predicted octanol–water partition coefficient (Wildman–Crippen LogP) is 5.01. The van der Waals surface area contributed by atoms with Crippen molar-refractivity contribution in [2.75, 3.05) is 11.9 Å². The van der Waals surface area contributed by atoms with Gasteiger partial charge in [-0.15, -0.1) is 0 Å². The minimum absolute atomic E-state index is 0.180. The van der Waals surface area contributed by atoms with E-state index in [2.05, 4.69) is 15.4 Å². The van der Waals surface area contributed by atoms with Gasteiger partial charge in [0.25, 0.3) is 5.91 Å². The summed E-state index contributed by atoms with van der Waals surface area (Å²) in [5.41, 5.74) is 1.21. The number of rotatable bonds is 5. The lowest BCUT2D eigenvalue weighted by molar-refractivity contribution is -0.137. The molecule has 0 aliphatic carbocycles. The van der Waals surface area contributed by atoms with Crippen molar-refractivity contribution in [3.8, 4) is 5.69 Å². The summed E-state index contributed by atoms with van der Waals surface area (Å²) in [7, 11) is 0. The van der Waals surface area contributed by atoms with E-state index in [-0.39, 0.29) is 11.4 Å². The van der Waals surface area contributed by atoms with E-state index in [0.717, 1.165) is 5.69 Å². The van der Waals surface area contributed by atoms with E-state index in [0.29, 0.717) is 28.7 Å². The normalized spacial score (nSPS) is 11.3. The molecule has 2 heterocycles. The Morgan fingerprint density at radius 1 is 1.16 bits per heavy atom. The van der Waals surface area contributed by atoms with Crippen LogP contribution in [-0.2, 0) is 15.7 Å². The smallest absolute Gasteiger partial charge is 0.417 e. The Morgan fingerprint density at radius 2 is 1.81 bits per heavy atom. The molecule has 0 aliphatic heterocycles. The third-order valence-electron chi connectivity index (χ3n) is 4.31. The van der Waals surface area contributed by atoms with Gasteiger partial charge in [-0.25, -0.2) is 14.5 Å². The number of benzene rings is 1. The molecule has 0 saturated carbocycles. The number of hydrogen-bond donors (Lipinski definition) is 1. The highest BCUT2D eigenvalue weighted by Gasteiger charge is 2.31. The number of aryl methyl sites for hydroxylation is 1. The van der Waals surface area contributed by atoms with Crippen molar-refractivity contribution in [3.05, 3.63) is 69.1 Å². The fraction of sp³-hybridized carbons (Fsp3) is 0.200. The van der Waals surface area contributed by atoms with Gasteiger partial charge in [-0.1, -0.05) is 23.2 Å². The van der Waals surface area contributed by atoms with Gasteiger partial charge in [-0.05, 0) is 44.2 Å². The van der Waals surface area contributed by atoms with Crippen molar-refractivity contribution in [2.24, 2.45) is 0 Å². The number of pyridine rings is 1. The third kappa shape index (κ3) is 5.20. The zero-order valence-electron chi connectivity index (χ0n) is 16.6. The second kappa shape index (κ2) is 9.17. The summed E-state index contributed by atoms with van der Waals surface area (Å²) in [6, 6.07) is 6.90. The monoisotopic (exact) mass is 486 g/mol. The highest BCUT2D eigenvalue weighted by atomic mass is 35.5. The lowest BCUT2D eigenvalue weighted by atomic mass is 10.2. The molecule has 0 unspecified atom stereocenters. The zero-order chi connectivity index (χ0) is 23.6. The standard InChI is InChI=1S/C20H15Cl2F3N4O3/c1-10-17(22)11(2)29(28-10)14-5-3-12(4-6-14)19(31)32-9-16(30)27-18-15(21)7-13(8-26-18)20(23,24)25/h3-8H,9H2,1-2H3,(H,26,27,30). The maximum absolute atomic E-state index is 12.6. The van der Waals surface area contributed by atoms with E-state index in [4.69, 9.17) is 27.9 Å². The summed E-state index contributed by atoms with van der Waals surface area (Å²) in [5.74, 6) is -1.88. The fourth-order valence-corrected chi connectivity index (χ4v) is 3.01. The van der Waals surface area contributed by atoms with Crippen LogP contribution in [0.3, 0.4) is 0 Å². The molecule has 1 aromatic carbocycles. The van der Waals surface area contributed by atoms with Crippen LogP contribution in [0.2, 0.25) is 10.0 Å². The van der Waals surface area contributed by atoms with E-state index < -0.39 is 35.2 Å². The van der Waals surface area contributed by atoms with Crippen LogP contribution in [0.25, 0.3) is 5.69 Å². The highest BCUT2D eigenvalue weighted by Crippen LogP contribution is 2.32. The first kappa shape index (κ1) is 23.6. The van der Waals surface area contributed by atoms with Gasteiger partial charge in [0.1, 0.15) is 0 Å². The Kier molecular flexibility index (Phi) is 6.75. The van der Waals surface area contributed by atoms with Crippen LogP contribution < -0.4 is 5.32 Å². The van der Waals surface area contributed by atoms with E-state index in [9.17, 15) is 22.8 Å². The van der Waals surface area contributed by atoms with E-state index in [1.54, 1.807) is 30.7 Å². The number of anilines is 1. The molecule has 3 rings (SSSR count). The molecule has 2 aromatic heterocycles. The van der Waals surface area contributed by atoms with Crippen LogP contribution in [0.4, 0.5) is 19.0 Å². The fourth-order valence-electron chi connectivity index (χ4n) is 2.68. The van der Waals surface area contributed by atoms with Gasteiger partial charge in [0.2, 0.25) is 0 Å². The number of carbonyl (C=O) groups excluding carboxylic acids is 2.